The number of carbonyl (C=O) groups is 3. The van der Waals surface area contributed by atoms with E-state index in [1.807, 2.05) is 0 Å². The van der Waals surface area contributed by atoms with Gasteiger partial charge in [0.1, 0.15) is 0 Å². The fraction of sp³-hybridized carbons (Fsp3) is 0.474. The number of amides is 2. The number of hydrogen-bond acceptors (Lipinski definition) is 7. The Bertz CT molecular complexity index is 794. The lowest BCUT2D eigenvalue weighted by Crippen LogP contribution is -2.30. The molecule has 0 unspecified atom stereocenters. The van der Waals surface area contributed by atoms with Crippen LogP contribution in [0.1, 0.15) is 67.2 Å². The van der Waals surface area contributed by atoms with Crippen LogP contribution in [0.15, 0.2) is 24.3 Å². The lowest BCUT2D eigenvalue weighted by Gasteiger charge is -2.06. The van der Waals surface area contributed by atoms with E-state index in [0.29, 0.717) is 0 Å². The summed E-state index contributed by atoms with van der Waals surface area (Å²) in [5.74, 6) is -1.74. The third kappa shape index (κ3) is 4.99. The molecule has 1 aromatic carbocycles. The van der Waals surface area contributed by atoms with Crippen LogP contribution in [-0.4, -0.2) is 44.6 Å². The van der Waals surface area contributed by atoms with Crippen molar-refractivity contribution >= 4 is 23.7 Å². The number of fused-ring (bicyclic) bond motifs is 1. The molecule has 0 atom stereocenters. The van der Waals surface area contributed by atoms with E-state index in [4.69, 9.17) is 4.74 Å². The maximum atomic E-state index is 12.2. The molecule has 0 fully saturated rings. The third-order valence-corrected chi connectivity index (χ3v) is 3.97. The molecular weight excluding hydrogens is 362 g/mol. The number of tetrazole rings is 1. The van der Waals surface area contributed by atoms with Gasteiger partial charge in [-0.1, -0.05) is 56.8 Å². The van der Waals surface area contributed by atoms with Crippen molar-refractivity contribution in [3.63, 3.8) is 0 Å². The topological polar surface area (TPSA) is 107 Å². The van der Waals surface area contributed by atoms with Crippen LogP contribution in [0.25, 0.3) is 0 Å². The quantitative estimate of drug-likeness (QED) is 0.408. The first-order valence-electron chi connectivity index (χ1n) is 9.44. The van der Waals surface area contributed by atoms with Crippen LogP contribution in [0.4, 0.5) is 5.95 Å². The lowest BCUT2D eigenvalue weighted by atomic mass is 10.1. The Labute approximate surface area is 163 Å². The second kappa shape index (κ2) is 10.3. The minimum Gasteiger partial charge on any atom is -0.465 e. The number of carbonyl (C=O) groups excluding carboxylic acids is 3. The van der Waals surface area contributed by atoms with E-state index in [2.05, 4.69) is 29.3 Å². The van der Waals surface area contributed by atoms with E-state index in [1.54, 1.807) is 31.2 Å². The highest BCUT2D eigenvalue weighted by Gasteiger charge is 2.38. The first-order valence-corrected chi connectivity index (χ1v) is 9.44. The van der Waals surface area contributed by atoms with Crippen molar-refractivity contribution < 1.29 is 19.1 Å². The average molecular weight is 387 g/mol. The summed E-state index contributed by atoms with van der Waals surface area (Å²) in [6.07, 6.45) is 5.54. The number of benzene rings is 1. The number of aromatic nitrogens is 4. The average Bonchev–Trinajstić information content (AvgIpc) is 3.24. The van der Waals surface area contributed by atoms with Gasteiger partial charge in [-0.25, -0.2) is 9.69 Å². The number of esters is 1. The van der Waals surface area contributed by atoms with Crippen LogP contribution in [0, 0.1) is 0 Å². The number of nitrogens with zero attached hydrogens (tertiary/aromatic N) is 5. The zero-order chi connectivity index (χ0) is 20.5. The van der Waals surface area contributed by atoms with Gasteiger partial charge in [-0.3, -0.25) is 9.59 Å². The van der Waals surface area contributed by atoms with E-state index in [-0.39, 0.29) is 30.2 Å². The summed E-state index contributed by atoms with van der Waals surface area (Å²) in [6, 6.07) is 6.44. The van der Waals surface area contributed by atoms with Gasteiger partial charge in [0.2, 0.25) is 0 Å². The van der Waals surface area contributed by atoms with Gasteiger partial charge in [0.05, 0.1) is 17.7 Å². The Morgan fingerprint density at radius 3 is 2.07 bits per heavy atom. The van der Waals surface area contributed by atoms with E-state index in [1.165, 1.54) is 25.7 Å². The highest BCUT2D eigenvalue weighted by atomic mass is 16.5. The molecule has 9 nitrogen and oxygen atoms in total. The first kappa shape index (κ1) is 21.2. The summed E-state index contributed by atoms with van der Waals surface area (Å²) >= 11 is 0. The Balaban J connectivity index is 0.000000409. The Morgan fingerprint density at radius 2 is 1.57 bits per heavy atom. The summed E-state index contributed by atoms with van der Waals surface area (Å²) in [7, 11) is 0. The van der Waals surface area contributed by atoms with Gasteiger partial charge in [-0.05, 0) is 24.3 Å². The van der Waals surface area contributed by atoms with E-state index in [0.717, 1.165) is 9.70 Å². The standard InChI is InChI=1S/C13H11N5O4.C6H14/c1-2-22-10(19)7-17-15-13(14-16-17)18-11(20)8-5-3-4-6-9(8)12(18)21;1-3-5-6-4-2/h3-6H,2,7H2,1H3;3-6H2,1-2H3. The zero-order valence-electron chi connectivity index (χ0n) is 16.4. The number of hydrogen-bond donors (Lipinski definition) is 0. The molecule has 0 bridgehead atoms. The molecule has 2 aromatic rings. The summed E-state index contributed by atoms with van der Waals surface area (Å²) in [6.45, 7) is 6.13. The van der Waals surface area contributed by atoms with Crippen LogP contribution in [-0.2, 0) is 16.1 Å². The number of unbranched alkanes of at least 4 members (excludes halogenated alkanes) is 3. The third-order valence-electron chi connectivity index (χ3n) is 3.97. The smallest absolute Gasteiger partial charge is 0.329 e. The summed E-state index contributed by atoms with van der Waals surface area (Å²) in [5, 5.41) is 11.2. The maximum absolute atomic E-state index is 12.2. The van der Waals surface area contributed by atoms with Crippen molar-refractivity contribution in [1.29, 1.82) is 0 Å². The number of anilines is 1. The van der Waals surface area contributed by atoms with Crippen LogP contribution < -0.4 is 4.90 Å². The molecule has 2 amide bonds. The van der Waals surface area contributed by atoms with Crippen molar-refractivity contribution in [2.75, 3.05) is 11.5 Å². The Hall–Kier alpha value is -3.10. The largest absolute Gasteiger partial charge is 0.465 e. The lowest BCUT2D eigenvalue weighted by molar-refractivity contribution is -0.144. The highest BCUT2D eigenvalue weighted by Crippen LogP contribution is 2.25. The summed E-state index contributed by atoms with van der Waals surface area (Å²) in [4.78, 5) is 37.6. The summed E-state index contributed by atoms with van der Waals surface area (Å²) in [5.41, 5.74) is 0.573. The van der Waals surface area contributed by atoms with Crippen molar-refractivity contribution in [1.82, 2.24) is 20.2 Å². The molecule has 1 aliphatic rings. The van der Waals surface area contributed by atoms with Gasteiger partial charge >= 0.3 is 5.97 Å². The SMILES string of the molecule is CCCCCC.CCOC(=O)Cn1nnc(N2C(=O)c3ccccc3C2=O)n1. The van der Waals surface area contributed by atoms with Crippen molar-refractivity contribution in [3.8, 4) is 0 Å². The van der Waals surface area contributed by atoms with Crippen molar-refractivity contribution in [2.24, 2.45) is 0 Å². The molecule has 9 heteroatoms. The molecule has 0 N–H and O–H groups in total. The molecule has 0 saturated carbocycles. The molecule has 0 radical (unpaired) electrons. The molecule has 0 saturated heterocycles. The van der Waals surface area contributed by atoms with E-state index < -0.39 is 17.8 Å². The van der Waals surface area contributed by atoms with Gasteiger partial charge in [-0.2, -0.15) is 4.80 Å². The van der Waals surface area contributed by atoms with Gasteiger partial charge in [0.25, 0.3) is 17.8 Å². The van der Waals surface area contributed by atoms with Gasteiger partial charge in [-0.15, -0.1) is 5.10 Å². The fourth-order valence-corrected chi connectivity index (χ4v) is 2.58. The molecule has 150 valence electrons. The minimum atomic E-state index is -0.534. The molecule has 3 rings (SSSR count). The van der Waals surface area contributed by atoms with Crippen molar-refractivity contribution in [2.45, 2.75) is 53.0 Å². The molecule has 2 heterocycles. The molecule has 0 spiro atoms. The summed E-state index contributed by atoms with van der Waals surface area (Å²) < 4.78 is 4.76. The predicted octanol–water partition coefficient (Wildman–Crippen LogP) is 2.62. The highest BCUT2D eigenvalue weighted by molar-refractivity contribution is 6.33. The van der Waals surface area contributed by atoms with Crippen LogP contribution in [0.5, 0.6) is 0 Å². The fourth-order valence-electron chi connectivity index (χ4n) is 2.58. The molecule has 28 heavy (non-hydrogen) atoms. The Morgan fingerprint density at radius 1 is 1.00 bits per heavy atom. The van der Waals surface area contributed by atoms with E-state index in [9.17, 15) is 14.4 Å². The number of rotatable bonds is 7. The normalized spacial score (nSPS) is 12.5. The molecule has 0 aliphatic carbocycles. The van der Waals surface area contributed by atoms with Crippen LogP contribution in [0.2, 0.25) is 0 Å². The zero-order valence-corrected chi connectivity index (χ0v) is 16.4. The second-order valence-corrected chi connectivity index (χ2v) is 6.12. The number of imide groups is 1. The monoisotopic (exact) mass is 387 g/mol. The molecular formula is C19H25N5O4. The molecule has 1 aromatic heterocycles. The van der Waals surface area contributed by atoms with Gasteiger partial charge in [0, 0.05) is 0 Å². The van der Waals surface area contributed by atoms with Crippen LogP contribution in [0.3, 0.4) is 0 Å². The second-order valence-electron chi connectivity index (χ2n) is 6.12. The van der Waals surface area contributed by atoms with E-state index >= 15 is 0 Å². The maximum Gasteiger partial charge on any atom is 0.329 e. The number of ether oxygens (including phenoxy) is 1. The van der Waals surface area contributed by atoms with Gasteiger partial charge < -0.3 is 4.74 Å². The predicted molar refractivity (Wildman–Crippen MR) is 102 cm³/mol. The minimum absolute atomic E-state index is 0.171. The van der Waals surface area contributed by atoms with Crippen molar-refractivity contribution in [3.05, 3.63) is 35.4 Å². The molecule has 1 aliphatic heterocycles. The Kier molecular flexibility index (Phi) is 7.79. The first-order chi connectivity index (χ1) is 13.5. The van der Waals surface area contributed by atoms with Crippen LogP contribution >= 0.6 is 0 Å². The van der Waals surface area contributed by atoms with Gasteiger partial charge in [0.15, 0.2) is 6.54 Å².